The molecule has 1 aromatic heterocycles. The van der Waals surface area contributed by atoms with Gasteiger partial charge in [0.1, 0.15) is 5.70 Å². The Hall–Kier alpha value is -3.05. The lowest BCUT2D eigenvalue weighted by atomic mass is 10.1. The van der Waals surface area contributed by atoms with E-state index >= 15 is 0 Å². The summed E-state index contributed by atoms with van der Waals surface area (Å²) in [6.07, 6.45) is 1.40. The van der Waals surface area contributed by atoms with Crippen molar-refractivity contribution in [2.45, 2.75) is 0 Å². The molecule has 29 heavy (non-hydrogen) atoms. The van der Waals surface area contributed by atoms with E-state index in [0.29, 0.717) is 16.1 Å². The van der Waals surface area contributed by atoms with Gasteiger partial charge in [0.25, 0.3) is 17.5 Å². The van der Waals surface area contributed by atoms with Crippen LogP contribution in [0.25, 0.3) is 6.08 Å². The summed E-state index contributed by atoms with van der Waals surface area (Å²) in [6.45, 7) is 0. The highest BCUT2D eigenvalue weighted by Crippen LogP contribution is 2.17. The first kappa shape index (κ1) is 20.7. The summed E-state index contributed by atoms with van der Waals surface area (Å²) in [7, 11) is 0. The first-order valence-electron chi connectivity index (χ1n) is 8.30. The Morgan fingerprint density at radius 3 is 2.48 bits per heavy atom. The fraction of sp³-hybridized carbons (Fsp3) is 0. The first-order chi connectivity index (χ1) is 13.9. The SMILES string of the molecule is O=C(Nc1ccc(I)cc1)/C(=C\c1cccc([N+](=O)[O-])c1)NC(=O)c1cccs1. The van der Waals surface area contributed by atoms with Crippen molar-refractivity contribution in [1.29, 1.82) is 0 Å². The van der Waals surface area contributed by atoms with Crippen LogP contribution in [0.1, 0.15) is 15.2 Å². The van der Waals surface area contributed by atoms with Crippen molar-refractivity contribution in [2.24, 2.45) is 0 Å². The van der Waals surface area contributed by atoms with Crippen LogP contribution in [-0.4, -0.2) is 16.7 Å². The lowest BCUT2D eigenvalue weighted by Crippen LogP contribution is -2.30. The standard InChI is InChI=1S/C20H14IN3O4S/c21-14-6-8-15(9-7-14)22-19(25)17(23-20(26)18-5-2-10-29-18)12-13-3-1-4-16(11-13)24(27)28/h1-12H,(H,22,25)(H,23,26)/b17-12+. The Kier molecular flexibility index (Phi) is 6.73. The summed E-state index contributed by atoms with van der Waals surface area (Å²) in [5, 5.41) is 18.1. The van der Waals surface area contributed by atoms with Gasteiger partial charge < -0.3 is 10.6 Å². The van der Waals surface area contributed by atoms with Crippen molar-refractivity contribution >= 4 is 63.2 Å². The highest BCUT2D eigenvalue weighted by molar-refractivity contribution is 14.1. The third-order valence-corrected chi connectivity index (χ3v) is 5.32. The number of non-ortho nitro benzene ring substituents is 1. The average molecular weight is 519 g/mol. The number of thiophene rings is 1. The van der Waals surface area contributed by atoms with Crippen molar-refractivity contribution < 1.29 is 14.5 Å². The van der Waals surface area contributed by atoms with Gasteiger partial charge in [0.2, 0.25) is 0 Å². The second-order valence-corrected chi connectivity index (χ2v) is 8.00. The van der Waals surface area contributed by atoms with Crippen molar-refractivity contribution in [3.8, 4) is 0 Å². The minimum absolute atomic E-state index is 0.0255. The number of carbonyl (C=O) groups is 2. The van der Waals surface area contributed by atoms with Crippen LogP contribution in [0.3, 0.4) is 0 Å². The molecule has 9 heteroatoms. The van der Waals surface area contributed by atoms with Crippen molar-refractivity contribution in [2.75, 3.05) is 5.32 Å². The highest BCUT2D eigenvalue weighted by Gasteiger charge is 2.16. The predicted molar refractivity (Wildman–Crippen MR) is 121 cm³/mol. The van der Waals surface area contributed by atoms with E-state index in [1.807, 2.05) is 12.1 Å². The maximum atomic E-state index is 12.8. The number of rotatable bonds is 6. The molecule has 2 aromatic carbocycles. The van der Waals surface area contributed by atoms with E-state index in [0.717, 1.165) is 3.57 Å². The number of nitro groups is 1. The lowest BCUT2D eigenvalue weighted by molar-refractivity contribution is -0.384. The first-order valence-corrected chi connectivity index (χ1v) is 10.3. The fourth-order valence-electron chi connectivity index (χ4n) is 2.38. The highest BCUT2D eigenvalue weighted by atomic mass is 127. The number of carbonyl (C=O) groups excluding carboxylic acids is 2. The number of nitro benzene ring substituents is 1. The van der Waals surface area contributed by atoms with Crippen LogP contribution >= 0.6 is 33.9 Å². The van der Waals surface area contributed by atoms with Gasteiger partial charge in [-0.2, -0.15) is 0 Å². The zero-order valence-electron chi connectivity index (χ0n) is 14.8. The molecule has 0 unspecified atom stereocenters. The minimum atomic E-state index is -0.539. The molecule has 0 saturated carbocycles. The third kappa shape index (κ3) is 5.72. The van der Waals surface area contributed by atoms with E-state index < -0.39 is 16.7 Å². The maximum Gasteiger partial charge on any atom is 0.272 e. The van der Waals surface area contributed by atoms with Crippen LogP contribution in [-0.2, 0) is 4.79 Å². The molecule has 3 rings (SSSR count). The van der Waals surface area contributed by atoms with Crippen LogP contribution in [0.5, 0.6) is 0 Å². The molecule has 7 nitrogen and oxygen atoms in total. The monoisotopic (exact) mass is 519 g/mol. The zero-order chi connectivity index (χ0) is 20.8. The van der Waals surface area contributed by atoms with Crippen LogP contribution < -0.4 is 10.6 Å². The molecule has 0 radical (unpaired) electrons. The molecule has 3 aromatic rings. The molecule has 0 bridgehead atoms. The molecule has 0 aliphatic carbocycles. The number of benzene rings is 2. The van der Waals surface area contributed by atoms with E-state index in [1.54, 1.807) is 35.7 Å². The van der Waals surface area contributed by atoms with Gasteiger partial charge in [-0.05, 0) is 69.9 Å². The van der Waals surface area contributed by atoms with Gasteiger partial charge in [-0.1, -0.05) is 18.2 Å². The Morgan fingerprint density at radius 1 is 1.07 bits per heavy atom. The number of anilines is 1. The molecule has 2 amide bonds. The number of nitrogens with one attached hydrogen (secondary N) is 2. The molecule has 1 heterocycles. The van der Waals surface area contributed by atoms with Gasteiger partial charge >= 0.3 is 0 Å². The van der Waals surface area contributed by atoms with Crippen molar-refractivity contribution in [3.05, 3.63) is 95.9 Å². The molecular formula is C20H14IN3O4S. The number of amides is 2. The number of halogens is 1. The van der Waals surface area contributed by atoms with Crippen LogP contribution in [0, 0.1) is 13.7 Å². The zero-order valence-corrected chi connectivity index (χ0v) is 17.8. The van der Waals surface area contributed by atoms with E-state index in [2.05, 4.69) is 33.2 Å². The third-order valence-electron chi connectivity index (χ3n) is 3.73. The molecular weight excluding hydrogens is 505 g/mol. The molecule has 146 valence electrons. The molecule has 0 spiro atoms. The topological polar surface area (TPSA) is 101 Å². The number of hydrogen-bond acceptors (Lipinski definition) is 5. The van der Waals surface area contributed by atoms with Crippen molar-refractivity contribution in [3.63, 3.8) is 0 Å². The molecule has 0 aliphatic rings. The normalized spacial score (nSPS) is 11.0. The quantitative estimate of drug-likeness (QED) is 0.214. The lowest BCUT2D eigenvalue weighted by Gasteiger charge is -2.11. The second-order valence-electron chi connectivity index (χ2n) is 5.80. The average Bonchev–Trinajstić information content (AvgIpc) is 3.24. The van der Waals surface area contributed by atoms with Gasteiger partial charge in [0, 0.05) is 21.4 Å². The van der Waals surface area contributed by atoms with Crippen molar-refractivity contribution in [1.82, 2.24) is 5.32 Å². The molecule has 0 aliphatic heterocycles. The maximum absolute atomic E-state index is 12.8. The van der Waals surface area contributed by atoms with E-state index in [-0.39, 0.29) is 11.4 Å². The second kappa shape index (κ2) is 9.43. The summed E-state index contributed by atoms with van der Waals surface area (Å²) in [5.41, 5.74) is 0.840. The van der Waals surface area contributed by atoms with E-state index in [4.69, 9.17) is 0 Å². The summed E-state index contributed by atoms with van der Waals surface area (Å²) < 4.78 is 1.01. The van der Waals surface area contributed by atoms with Crippen LogP contribution in [0.15, 0.2) is 71.7 Å². The summed E-state index contributed by atoms with van der Waals surface area (Å²) in [4.78, 5) is 36.2. The summed E-state index contributed by atoms with van der Waals surface area (Å²) in [6, 6.07) is 16.3. The molecule has 0 fully saturated rings. The molecule has 0 saturated heterocycles. The summed E-state index contributed by atoms with van der Waals surface area (Å²) >= 11 is 3.40. The van der Waals surface area contributed by atoms with Gasteiger partial charge in [0.15, 0.2) is 0 Å². The van der Waals surface area contributed by atoms with Gasteiger partial charge in [-0.15, -0.1) is 11.3 Å². The Balaban J connectivity index is 1.91. The Bertz CT molecular complexity index is 1080. The van der Waals surface area contributed by atoms with Gasteiger partial charge in [-0.3, -0.25) is 19.7 Å². The number of hydrogen-bond donors (Lipinski definition) is 2. The predicted octanol–water partition coefficient (Wildman–Crippen LogP) is 4.67. The Morgan fingerprint density at radius 2 is 1.83 bits per heavy atom. The smallest absolute Gasteiger partial charge is 0.272 e. The fourth-order valence-corrected chi connectivity index (χ4v) is 3.36. The van der Waals surface area contributed by atoms with Crippen LogP contribution in [0.4, 0.5) is 11.4 Å². The molecule has 2 N–H and O–H groups in total. The Labute approximate surface area is 183 Å². The van der Waals surface area contributed by atoms with E-state index in [9.17, 15) is 19.7 Å². The van der Waals surface area contributed by atoms with Gasteiger partial charge in [0.05, 0.1) is 9.80 Å². The largest absolute Gasteiger partial charge is 0.321 e. The minimum Gasteiger partial charge on any atom is -0.321 e. The van der Waals surface area contributed by atoms with Gasteiger partial charge in [-0.25, -0.2) is 0 Å². The summed E-state index contributed by atoms with van der Waals surface area (Å²) in [5.74, 6) is -0.975. The molecule has 0 atom stereocenters. The number of nitrogens with zero attached hydrogens (tertiary/aromatic N) is 1. The van der Waals surface area contributed by atoms with E-state index in [1.165, 1.54) is 35.6 Å². The van der Waals surface area contributed by atoms with Crippen LogP contribution in [0.2, 0.25) is 0 Å².